The molecule has 3 nitrogen and oxygen atoms in total. The van der Waals surface area contributed by atoms with E-state index >= 15 is 0 Å². The number of nitrogens with two attached hydrogens (primary N) is 1. The summed E-state index contributed by atoms with van der Waals surface area (Å²) in [7, 11) is 1.58. The first kappa shape index (κ1) is 16.2. The molecule has 3 N–H and O–H groups in total. The third-order valence-electron chi connectivity index (χ3n) is 2.76. The van der Waals surface area contributed by atoms with Gasteiger partial charge in [0.05, 0.1) is 17.3 Å². The van der Waals surface area contributed by atoms with Crippen molar-refractivity contribution < 1.29 is 9.13 Å². The highest BCUT2D eigenvalue weighted by molar-refractivity contribution is 9.11. The van der Waals surface area contributed by atoms with E-state index in [0.29, 0.717) is 11.4 Å². The monoisotopic (exact) mass is 432 g/mol. The maximum atomic E-state index is 13.9. The van der Waals surface area contributed by atoms with E-state index in [2.05, 4.69) is 37.2 Å². The van der Waals surface area contributed by atoms with Crippen LogP contribution in [0.25, 0.3) is 0 Å². The quantitative estimate of drug-likeness (QED) is 0.683. The molecule has 0 saturated heterocycles. The fourth-order valence-electron chi connectivity index (χ4n) is 1.73. The van der Waals surface area contributed by atoms with Crippen LogP contribution in [0.15, 0.2) is 39.3 Å². The van der Waals surface area contributed by atoms with Crippen molar-refractivity contribution in [1.29, 1.82) is 0 Å². The third-order valence-corrected chi connectivity index (χ3v) is 4.25. The first-order valence-corrected chi connectivity index (χ1v) is 7.81. The largest absolute Gasteiger partial charge is 0.495 e. The van der Waals surface area contributed by atoms with E-state index in [1.54, 1.807) is 25.3 Å². The van der Waals surface area contributed by atoms with Crippen LogP contribution in [0.5, 0.6) is 5.75 Å². The minimum atomic E-state index is -0.465. The average molecular weight is 434 g/mol. The number of methoxy groups -OCH3 is 1. The summed E-state index contributed by atoms with van der Waals surface area (Å²) in [5, 5.41) is 3.11. The van der Waals surface area contributed by atoms with Gasteiger partial charge in [-0.25, -0.2) is 4.39 Å². The van der Waals surface area contributed by atoms with Crippen LogP contribution in [0.4, 0.5) is 15.8 Å². The molecule has 21 heavy (non-hydrogen) atoms. The lowest BCUT2D eigenvalue weighted by Gasteiger charge is -2.12. The number of nitrogens with one attached hydrogen (secondary N) is 1. The molecule has 0 spiro atoms. The molecule has 0 unspecified atom stereocenters. The SMILES string of the molecule is COc1cc(Nc2ccc(C(N)=S)c(F)c2)c(Br)cc1Br. The minimum absolute atomic E-state index is 0.0329. The summed E-state index contributed by atoms with van der Waals surface area (Å²) < 4.78 is 20.7. The summed E-state index contributed by atoms with van der Waals surface area (Å²) in [6.45, 7) is 0. The molecule has 110 valence electrons. The minimum Gasteiger partial charge on any atom is -0.495 e. The van der Waals surface area contributed by atoms with Gasteiger partial charge in [-0.05, 0) is 56.1 Å². The van der Waals surface area contributed by atoms with Crippen molar-refractivity contribution in [1.82, 2.24) is 0 Å². The van der Waals surface area contributed by atoms with E-state index in [4.69, 9.17) is 22.7 Å². The van der Waals surface area contributed by atoms with Gasteiger partial charge in [0.2, 0.25) is 0 Å². The highest BCUT2D eigenvalue weighted by Crippen LogP contribution is 2.36. The molecule has 2 aromatic carbocycles. The van der Waals surface area contributed by atoms with Gasteiger partial charge in [-0.2, -0.15) is 0 Å². The molecule has 0 fully saturated rings. The van der Waals surface area contributed by atoms with Crippen molar-refractivity contribution >= 4 is 60.4 Å². The standard InChI is InChI=1S/C14H11Br2FN2OS/c1-20-13-6-12(9(15)5-10(13)16)19-7-2-3-8(14(18)21)11(17)4-7/h2-6,19H,1H3,(H2,18,21). The highest BCUT2D eigenvalue weighted by atomic mass is 79.9. The molecule has 7 heteroatoms. The first-order valence-electron chi connectivity index (χ1n) is 5.81. The van der Waals surface area contributed by atoms with Gasteiger partial charge in [-0.15, -0.1) is 0 Å². The number of rotatable bonds is 4. The van der Waals surface area contributed by atoms with Crippen molar-refractivity contribution in [2.24, 2.45) is 5.73 Å². The molecule has 0 atom stereocenters. The van der Waals surface area contributed by atoms with E-state index in [0.717, 1.165) is 14.6 Å². The molecule has 0 aliphatic carbocycles. The van der Waals surface area contributed by atoms with Gasteiger partial charge in [-0.3, -0.25) is 0 Å². The van der Waals surface area contributed by atoms with Crippen LogP contribution >= 0.6 is 44.1 Å². The molecular weight excluding hydrogens is 423 g/mol. The zero-order valence-electron chi connectivity index (χ0n) is 10.9. The van der Waals surface area contributed by atoms with E-state index in [9.17, 15) is 4.39 Å². The molecule has 2 rings (SSSR count). The second-order valence-corrected chi connectivity index (χ2v) is 6.30. The van der Waals surface area contributed by atoms with Crippen LogP contribution in [0, 0.1) is 5.82 Å². The summed E-state index contributed by atoms with van der Waals surface area (Å²) in [6, 6.07) is 8.24. The Morgan fingerprint density at radius 3 is 2.52 bits per heavy atom. The van der Waals surface area contributed by atoms with Gasteiger partial charge >= 0.3 is 0 Å². The maximum Gasteiger partial charge on any atom is 0.135 e. The molecule has 0 heterocycles. The van der Waals surface area contributed by atoms with Crippen molar-refractivity contribution in [3.8, 4) is 5.75 Å². The lowest BCUT2D eigenvalue weighted by molar-refractivity contribution is 0.412. The Bertz CT molecular complexity index is 710. The average Bonchev–Trinajstić information content (AvgIpc) is 2.41. The second-order valence-electron chi connectivity index (χ2n) is 4.15. The van der Waals surface area contributed by atoms with Gasteiger partial charge in [0.15, 0.2) is 0 Å². The van der Waals surface area contributed by atoms with Crippen LogP contribution in [0.1, 0.15) is 5.56 Å². The number of ether oxygens (including phenoxy) is 1. The highest BCUT2D eigenvalue weighted by Gasteiger charge is 2.10. The molecule has 0 bridgehead atoms. The molecule has 0 aromatic heterocycles. The van der Waals surface area contributed by atoms with Crippen LogP contribution in [-0.4, -0.2) is 12.1 Å². The summed E-state index contributed by atoms with van der Waals surface area (Å²) in [5.74, 6) is 0.202. The molecule has 0 saturated carbocycles. The van der Waals surface area contributed by atoms with E-state index < -0.39 is 5.82 Å². The van der Waals surface area contributed by atoms with Crippen molar-refractivity contribution in [2.75, 3.05) is 12.4 Å². The number of halogens is 3. The predicted octanol–water partition coefficient (Wildman–Crippen LogP) is 4.74. The van der Waals surface area contributed by atoms with Gasteiger partial charge in [0, 0.05) is 21.8 Å². The number of thiocarbonyl (C=S) groups is 1. The van der Waals surface area contributed by atoms with E-state index in [1.807, 2.05) is 6.07 Å². The summed E-state index contributed by atoms with van der Waals surface area (Å²) >= 11 is 11.6. The molecule has 2 aromatic rings. The fraction of sp³-hybridized carbons (Fsp3) is 0.0714. The Morgan fingerprint density at radius 2 is 1.95 bits per heavy atom. The van der Waals surface area contributed by atoms with Crippen molar-refractivity contribution in [2.45, 2.75) is 0 Å². The lowest BCUT2D eigenvalue weighted by atomic mass is 10.2. The first-order chi connectivity index (χ1) is 9.92. The second kappa shape index (κ2) is 6.72. The maximum absolute atomic E-state index is 13.9. The van der Waals surface area contributed by atoms with E-state index in [-0.39, 0.29) is 10.6 Å². The molecule has 0 radical (unpaired) electrons. The topological polar surface area (TPSA) is 47.3 Å². The summed E-state index contributed by atoms with van der Waals surface area (Å²) in [5.41, 5.74) is 6.99. The Morgan fingerprint density at radius 1 is 1.24 bits per heavy atom. The van der Waals surface area contributed by atoms with Crippen LogP contribution < -0.4 is 15.8 Å². The molecular formula is C14H11Br2FN2OS. The lowest BCUT2D eigenvalue weighted by Crippen LogP contribution is -2.11. The van der Waals surface area contributed by atoms with Gasteiger partial charge in [-0.1, -0.05) is 12.2 Å². The van der Waals surface area contributed by atoms with E-state index in [1.165, 1.54) is 6.07 Å². The van der Waals surface area contributed by atoms with Gasteiger partial charge in [0.25, 0.3) is 0 Å². The number of anilines is 2. The molecule has 0 amide bonds. The Labute approximate surface area is 143 Å². The summed E-state index contributed by atoms with van der Waals surface area (Å²) in [6.07, 6.45) is 0. The van der Waals surface area contributed by atoms with Crippen LogP contribution in [0.2, 0.25) is 0 Å². The number of hydrogen-bond acceptors (Lipinski definition) is 3. The smallest absolute Gasteiger partial charge is 0.135 e. The Hall–Kier alpha value is -1.18. The Kier molecular flexibility index (Phi) is 5.18. The van der Waals surface area contributed by atoms with Crippen LogP contribution in [0.3, 0.4) is 0 Å². The predicted molar refractivity (Wildman–Crippen MR) is 94.0 cm³/mol. The van der Waals surface area contributed by atoms with Crippen molar-refractivity contribution in [3.05, 3.63) is 50.7 Å². The molecule has 0 aliphatic heterocycles. The van der Waals surface area contributed by atoms with Crippen LogP contribution in [-0.2, 0) is 0 Å². The molecule has 0 aliphatic rings. The van der Waals surface area contributed by atoms with Gasteiger partial charge < -0.3 is 15.8 Å². The Balaban J connectivity index is 2.34. The normalized spacial score (nSPS) is 10.3. The zero-order chi connectivity index (χ0) is 15.6. The summed E-state index contributed by atoms with van der Waals surface area (Å²) in [4.78, 5) is 0.0329. The van der Waals surface area contributed by atoms with Crippen molar-refractivity contribution in [3.63, 3.8) is 0 Å². The van der Waals surface area contributed by atoms with Gasteiger partial charge in [0.1, 0.15) is 16.6 Å². The number of benzene rings is 2. The third kappa shape index (κ3) is 3.72. The fourth-order valence-corrected chi connectivity index (χ4v) is 3.15. The number of hydrogen-bond donors (Lipinski definition) is 2. The zero-order valence-corrected chi connectivity index (χ0v) is 14.9.